The Bertz CT molecular complexity index is 931. The summed E-state index contributed by atoms with van der Waals surface area (Å²) in [6.45, 7) is 3.93. The molecule has 1 atom stereocenters. The summed E-state index contributed by atoms with van der Waals surface area (Å²) in [4.78, 5) is 12.8. The van der Waals surface area contributed by atoms with Crippen LogP contribution in [0.5, 0.6) is 0 Å². The second-order valence-corrected chi connectivity index (χ2v) is 10.3. The molecule has 0 radical (unpaired) electrons. The number of nitrogens with zero attached hydrogens (tertiary/aromatic N) is 3. The van der Waals surface area contributed by atoms with Crippen molar-refractivity contribution in [2.75, 3.05) is 17.6 Å². The molecule has 2 aromatic rings. The van der Waals surface area contributed by atoms with Crippen molar-refractivity contribution < 1.29 is 13.2 Å². The lowest BCUT2D eigenvalue weighted by molar-refractivity contribution is -0.119. The van der Waals surface area contributed by atoms with Crippen LogP contribution in [0.25, 0.3) is 0 Å². The average molecular weight is 445 g/mol. The second-order valence-electron chi connectivity index (χ2n) is 5.69. The summed E-state index contributed by atoms with van der Waals surface area (Å²) in [6.07, 6.45) is 2.82. The molecule has 11 heteroatoms. The molecule has 27 heavy (non-hydrogen) atoms. The van der Waals surface area contributed by atoms with Crippen LogP contribution in [-0.2, 0) is 14.8 Å². The van der Waals surface area contributed by atoms with Gasteiger partial charge in [0.2, 0.25) is 21.1 Å². The highest BCUT2D eigenvalue weighted by atomic mass is 35.5. The summed E-state index contributed by atoms with van der Waals surface area (Å²) < 4.78 is 27.7. The molecule has 0 bridgehead atoms. The first-order valence-corrected chi connectivity index (χ1v) is 11.7. The summed E-state index contributed by atoms with van der Waals surface area (Å²) in [6, 6.07) is 5.14. The molecule has 1 fully saturated rings. The predicted molar refractivity (Wildman–Crippen MR) is 108 cm³/mol. The van der Waals surface area contributed by atoms with Crippen LogP contribution in [0, 0.1) is 0 Å². The van der Waals surface area contributed by atoms with Gasteiger partial charge in [-0.05, 0) is 37.1 Å². The van der Waals surface area contributed by atoms with E-state index in [4.69, 9.17) is 11.6 Å². The monoisotopic (exact) mass is 444 g/mol. The number of sulfonamides is 1. The molecule has 2 heterocycles. The molecule has 3 rings (SSSR count). The maximum Gasteiger partial charge on any atom is 0.244 e. The molecule has 0 aliphatic carbocycles. The quantitative estimate of drug-likeness (QED) is 0.400. The molecule has 0 unspecified atom stereocenters. The third kappa shape index (κ3) is 4.69. The zero-order chi connectivity index (χ0) is 19.4. The number of benzene rings is 1. The van der Waals surface area contributed by atoms with E-state index < -0.39 is 22.0 Å². The standard InChI is InChI=1S/C16H17ClN4O3S3/c1-2-10-25-16-20-19-15(26-16)18-14(22)13-4-3-9-21(13)27(23,24)12-7-5-11(17)6-8-12/h2,5-8,13H,1,3-4,9-10H2,(H,18,19,22)/t13-/m0/s1. The maximum atomic E-state index is 12.9. The zero-order valence-electron chi connectivity index (χ0n) is 14.2. The van der Waals surface area contributed by atoms with E-state index in [2.05, 4.69) is 22.1 Å². The number of halogens is 1. The van der Waals surface area contributed by atoms with E-state index in [0.29, 0.717) is 39.6 Å². The Hall–Kier alpha value is -1.46. The molecule has 1 aromatic heterocycles. The maximum absolute atomic E-state index is 12.9. The van der Waals surface area contributed by atoms with Crippen molar-refractivity contribution in [3.63, 3.8) is 0 Å². The number of hydrogen-bond donors (Lipinski definition) is 1. The van der Waals surface area contributed by atoms with E-state index in [9.17, 15) is 13.2 Å². The van der Waals surface area contributed by atoms with Crippen LogP contribution in [-0.4, -0.2) is 47.2 Å². The SMILES string of the molecule is C=CCSc1nnc(NC(=O)[C@@H]2CCCN2S(=O)(=O)c2ccc(Cl)cc2)s1. The lowest BCUT2D eigenvalue weighted by Gasteiger charge is -2.23. The normalized spacial score (nSPS) is 17.7. The summed E-state index contributed by atoms with van der Waals surface area (Å²) >= 11 is 8.54. The number of carbonyl (C=O) groups is 1. The largest absolute Gasteiger partial charge is 0.299 e. The third-order valence-electron chi connectivity index (χ3n) is 3.89. The Labute approximate surface area is 170 Å². The first kappa shape index (κ1) is 20.3. The number of thioether (sulfide) groups is 1. The highest BCUT2D eigenvalue weighted by Gasteiger charge is 2.39. The van der Waals surface area contributed by atoms with Crippen LogP contribution in [0.15, 0.2) is 46.2 Å². The van der Waals surface area contributed by atoms with E-state index in [1.54, 1.807) is 6.08 Å². The number of anilines is 1. The van der Waals surface area contributed by atoms with Gasteiger partial charge in [-0.15, -0.1) is 16.8 Å². The smallest absolute Gasteiger partial charge is 0.244 e. The summed E-state index contributed by atoms with van der Waals surface area (Å²) in [5.41, 5.74) is 0. The fourth-order valence-electron chi connectivity index (χ4n) is 2.67. The van der Waals surface area contributed by atoms with Gasteiger partial charge in [-0.25, -0.2) is 8.42 Å². The lowest BCUT2D eigenvalue weighted by atomic mass is 10.2. The molecule has 1 aromatic carbocycles. The summed E-state index contributed by atoms with van der Waals surface area (Å²) in [7, 11) is -3.78. The topological polar surface area (TPSA) is 92.3 Å². The summed E-state index contributed by atoms with van der Waals surface area (Å²) in [5.74, 6) is 0.291. The average Bonchev–Trinajstić information content (AvgIpc) is 3.30. The van der Waals surface area contributed by atoms with Crippen LogP contribution in [0.4, 0.5) is 5.13 Å². The van der Waals surface area contributed by atoms with Crippen LogP contribution in [0.1, 0.15) is 12.8 Å². The van der Waals surface area contributed by atoms with Crippen molar-refractivity contribution in [1.82, 2.24) is 14.5 Å². The number of rotatable bonds is 7. The van der Waals surface area contributed by atoms with Gasteiger partial charge in [0.15, 0.2) is 4.34 Å². The number of amides is 1. The fourth-order valence-corrected chi connectivity index (χ4v) is 5.97. The van der Waals surface area contributed by atoms with Gasteiger partial charge in [0.25, 0.3) is 0 Å². The highest BCUT2D eigenvalue weighted by molar-refractivity contribution is 8.01. The van der Waals surface area contributed by atoms with Gasteiger partial charge >= 0.3 is 0 Å². The Morgan fingerprint density at radius 1 is 1.41 bits per heavy atom. The van der Waals surface area contributed by atoms with E-state index in [-0.39, 0.29) is 4.90 Å². The number of carbonyl (C=O) groups excluding carboxylic acids is 1. The highest BCUT2D eigenvalue weighted by Crippen LogP contribution is 2.29. The van der Waals surface area contributed by atoms with Gasteiger partial charge < -0.3 is 0 Å². The number of hydrogen-bond acceptors (Lipinski definition) is 7. The summed E-state index contributed by atoms with van der Waals surface area (Å²) in [5, 5.41) is 11.4. The zero-order valence-corrected chi connectivity index (χ0v) is 17.4. The van der Waals surface area contributed by atoms with Gasteiger partial charge in [0.05, 0.1) is 4.90 Å². The Kier molecular flexibility index (Phi) is 6.53. The minimum atomic E-state index is -3.78. The van der Waals surface area contributed by atoms with Crippen LogP contribution in [0.2, 0.25) is 5.02 Å². The molecule has 0 saturated carbocycles. The van der Waals surface area contributed by atoms with E-state index in [0.717, 1.165) is 0 Å². The molecule has 1 N–H and O–H groups in total. The third-order valence-corrected chi connectivity index (χ3v) is 8.03. The number of nitrogens with one attached hydrogen (secondary N) is 1. The molecule has 144 valence electrons. The second kappa shape index (κ2) is 8.70. The van der Waals surface area contributed by atoms with E-state index in [1.165, 1.54) is 51.7 Å². The van der Waals surface area contributed by atoms with Crippen molar-refractivity contribution in [3.05, 3.63) is 41.9 Å². The molecule has 1 amide bonds. The first-order chi connectivity index (χ1) is 12.9. The van der Waals surface area contributed by atoms with Crippen LogP contribution in [0.3, 0.4) is 0 Å². The molecular weight excluding hydrogens is 428 g/mol. The Morgan fingerprint density at radius 2 is 2.15 bits per heavy atom. The Morgan fingerprint density at radius 3 is 2.85 bits per heavy atom. The van der Waals surface area contributed by atoms with Crippen molar-refractivity contribution in [3.8, 4) is 0 Å². The molecule has 1 saturated heterocycles. The molecule has 1 aliphatic heterocycles. The van der Waals surface area contributed by atoms with Gasteiger partial charge in [-0.1, -0.05) is 40.8 Å². The molecular formula is C16H17ClN4O3S3. The van der Waals surface area contributed by atoms with Crippen LogP contribution >= 0.6 is 34.7 Å². The van der Waals surface area contributed by atoms with Crippen molar-refractivity contribution in [2.24, 2.45) is 0 Å². The van der Waals surface area contributed by atoms with Crippen LogP contribution < -0.4 is 5.32 Å². The Balaban J connectivity index is 1.73. The van der Waals surface area contributed by atoms with Crippen molar-refractivity contribution in [2.45, 2.75) is 28.1 Å². The van der Waals surface area contributed by atoms with Gasteiger partial charge in [0.1, 0.15) is 6.04 Å². The van der Waals surface area contributed by atoms with Gasteiger partial charge in [-0.2, -0.15) is 4.31 Å². The van der Waals surface area contributed by atoms with Gasteiger partial charge in [0, 0.05) is 17.3 Å². The number of aromatic nitrogens is 2. The van der Waals surface area contributed by atoms with E-state index in [1.807, 2.05) is 0 Å². The lowest BCUT2D eigenvalue weighted by Crippen LogP contribution is -2.43. The predicted octanol–water partition coefficient (Wildman–Crippen LogP) is 3.26. The van der Waals surface area contributed by atoms with Crippen molar-refractivity contribution in [1.29, 1.82) is 0 Å². The molecule has 1 aliphatic rings. The van der Waals surface area contributed by atoms with E-state index >= 15 is 0 Å². The molecule has 7 nitrogen and oxygen atoms in total. The van der Waals surface area contributed by atoms with Gasteiger partial charge in [-0.3, -0.25) is 10.1 Å². The minimum Gasteiger partial charge on any atom is -0.299 e. The first-order valence-electron chi connectivity index (χ1n) is 8.07. The van der Waals surface area contributed by atoms with Crippen molar-refractivity contribution >= 4 is 55.8 Å². The molecule has 0 spiro atoms. The fraction of sp³-hybridized carbons (Fsp3) is 0.312. The minimum absolute atomic E-state index is 0.116.